The van der Waals surface area contributed by atoms with Crippen LogP contribution in [0.5, 0.6) is 0 Å². The molecule has 2 unspecified atom stereocenters. The Labute approximate surface area is 94.0 Å². The molecule has 16 heavy (non-hydrogen) atoms. The second-order valence-electron chi connectivity index (χ2n) is 4.16. The lowest BCUT2D eigenvalue weighted by Crippen LogP contribution is -2.35. The Morgan fingerprint density at radius 2 is 2.19 bits per heavy atom. The molecule has 1 aromatic carbocycles. The van der Waals surface area contributed by atoms with E-state index < -0.39 is 0 Å². The molecule has 1 amide bonds. The maximum absolute atomic E-state index is 13.6. The molecule has 1 aromatic rings. The van der Waals surface area contributed by atoms with E-state index in [1.54, 1.807) is 18.2 Å². The van der Waals surface area contributed by atoms with Gasteiger partial charge in [-0.2, -0.15) is 0 Å². The van der Waals surface area contributed by atoms with Gasteiger partial charge in [0.15, 0.2) is 0 Å². The average Bonchev–Trinajstić information content (AvgIpc) is 2.55. The molecular weight excluding hydrogens is 207 g/mol. The number of nitrogens with zero attached hydrogens (tertiary/aromatic N) is 1. The summed E-state index contributed by atoms with van der Waals surface area (Å²) < 4.78 is 13.6. The Hall–Kier alpha value is -1.42. The van der Waals surface area contributed by atoms with E-state index in [2.05, 4.69) is 0 Å². The fraction of sp³-hybridized carbons (Fsp3) is 0.417. The lowest BCUT2D eigenvalue weighted by Gasteiger charge is -2.24. The summed E-state index contributed by atoms with van der Waals surface area (Å²) in [6, 6.07) is 6.31. The molecule has 0 bridgehead atoms. The van der Waals surface area contributed by atoms with Gasteiger partial charge in [-0.3, -0.25) is 4.79 Å². The first-order valence-corrected chi connectivity index (χ1v) is 5.41. The van der Waals surface area contributed by atoms with Crippen LogP contribution in [0.1, 0.15) is 13.3 Å². The van der Waals surface area contributed by atoms with Crippen molar-refractivity contribution < 1.29 is 9.18 Å². The first-order valence-electron chi connectivity index (χ1n) is 5.41. The quantitative estimate of drug-likeness (QED) is 0.824. The molecule has 86 valence electrons. The van der Waals surface area contributed by atoms with E-state index in [1.807, 2.05) is 6.92 Å². The van der Waals surface area contributed by atoms with Gasteiger partial charge in [0.25, 0.3) is 0 Å². The van der Waals surface area contributed by atoms with Crippen LogP contribution in [0.4, 0.5) is 10.1 Å². The lowest BCUT2D eigenvalue weighted by atomic mass is 10.0. The van der Waals surface area contributed by atoms with Crippen molar-refractivity contribution >= 4 is 11.6 Å². The van der Waals surface area contributed by atoms with Gasteiger partial charge >= 0.3 is 0 Å². The van der Waals surface area contributed by atoms with Gasteiger partial charge in [0, 0.05) is 18.4 Å². The van der Waals surface area contributed by atoms with E-state index in [4.69, 9.17) is 5.73 Å². The van der Waals surface area contributed by atoms with Crippen LogP contribution in [0.2, 0.25) is 0 Å². The van der Waals surface area contributed by atoms with Crippen molar-refractivity contribution in [2.24, 2.45) is 11.7 Å². The van der Waals surface area contributed by atoms with E-state index in [0.29, 0.717) is 18.7 Å². The normalized spacial score (nSPS) is 25.2. The van der Waals surface area contributed by atoms with Crippen molar-refractivity contribution in [1.29, 1.82) is 0 Å². The smallest absolute Gasteiger partial charge is 0.227 e. The minimum Gasteiger partial charge on any atom is -0.330 e. The van der Waals surface area contributed by atoms with Gasteiger partial charge in [-0.15, -0.1) is 0 Å². The van der Waals surface area contributed by atoms with Gasteiger partial charge in [-0.05, 0) is 25.6 Å². The van der Waals surface area contributed by atoms with Crippen LogP contribution in [-0.2, 0) is 4.79 Å². The minimum absolute atomic E-state index is 0.0330. The van der Waals surface area contributed by atoms with E-state index in [9.17, 15) is 9.18 Å². The van der Waals surface area contributed by atoms with Crippen LogP contribution in [0.25, 0.3) is 0 Å². The van der Waals surface area contributed by atoms with E-state index >= 15 is 0 Å². The largest absolute Gasteiger partial charge is 0.330 e. The van der Waals surface area contributed by atoms with E-state index in [1.165, 1.54) is 11.0 Å². The summed E-state index contributed by atoms with van der Waals surface area (Å²) >= 11 is 0. The van der Waals surface area contributed by atoms with Gasteiger partial charge in [-0.1, -0.05) is 12.1 Å². The molecular formula is C12H15FN2O. The molecule has 1 aliphatic rings. The Bertz CT molecular complexity index is 408. The predicted molar refractivity (Wildman–Crippen MR) is 60.5 cm³/mol. The van der Waals surface area contributed by atoms with Crippen molar-refractivity contribution in [2.75, 3.05) is 11.4 Å². The van der Waals surface area contributed by atoms with Crippen LogP contribution in [0, 0.1) is 11.7 Å². The van der Waals surface area contributed by atoms with Crippen LogP contribution < -0.4 is 10.6 Å². The van der Waals surface area contributed by atoms with Crippen LogP contribution >= 0.6 is 0 Å². The molecule has 1 saturated heterocycles. The molecule has 2 atom stereocenters. The predicted octanol–water partition coefficient (Wildman–Crippen LogP) is 1.53. The van der Waals surface area contributed by atoms with Crippen LogP contribution in [0.3, 0.4) is 0 Å². The molecule has 1 heterocycles. The Morgan fingerprint density at radius 3 is 2.75 bits per heavy atom. The number of nitrogens with two attached hydrogens (primary N) is 1. The number of hydrogen-bond donors (Lipinski definition) is 1. The monoisotopic (exact) mass is 222 g/mol. The molecule has 0 spiro atoms. The van der Waals surface area contributed by atoms with Crippen molar-refractivity contribution in [2.45, 2.75) is 19.4 Å². The Kier molecular flexibility index (Phi) is 2.92. The fourth-order valence-corrected chi connectivity index (χ4v) is 2.21. The van der Waals surface area contributed by atoms with Crippen molar-refractivity contribution in [3.05, 3.63) is 30.1 Å². The summed E-state index contributed by atoms with van der Waals surface area (Å²) in [5.74, 6) is -0.291. The topological polar surface area (TPSA) is 46.3 Å². The Morgan fingerprint density at radius 1 is 1.50 bits per heavy atom. The third kappa shape index (κ3) is 1.69. The number of benzene rings is 1. The first kappa shape index (κ1) is 11.1. The molecule has 0 saturated carbocycles. The number of anilines is 1. The van der Waals surface area contributed by atoms with Crippen molar-refractivity contribution in [3.63, 3.8) is 0 Å². The number of halogens is 1. The number of carbonyl (C=O) groups is 1. The molecule has 2 rings (SSSR count). The second kappa shape index (κ2) is 4.22. The van der Waals surface area contributed by atoms with Crippen LogP contribution in [-0.4, -0.2) is 18.5 Å². The molecule has 4 heteroatoms. The van der Waals surface area contributed by atoms with Gasteiger partial charge in [0.1, 0.15) is 5.82 Å². The number of amides is 1. The highest BCUT2D eigenvalue weighted by molar-refractivity contribution is 5.96. The highest BCUT2D eigenvalue weighted by atomic mass is 19.1. The summed E-state index contributed by atoms with van der Waals surface area (Å²) in [5, 5.41) is 0. The van der Waals surface area contributed by atoms with Gasteiger partial charge in [0.2, 0.25) is 5.91 Å². The zero-order chi connectivity index (χ0) is 11.7. The molecule has 0 radical (unpaired) electrons. The molecule has 3 nitrogen and oxygen atoms in total. The summed E-state index contributed by atoms with van der Waals surface area (Å²) in [6.07, 6.45) is 0.409. The average molecular weight is 222 g/mol. The maximum Gasteiger partial charge on any atom is 0.227 e. The number of carbonyl (C=O) groups excluding carboxylic acids is 1. The maximum atomic E-state index is 13.6. The van der Waals surface area contributed by atoms with Gasteiger partial charge in [-0.25, -0.2) is 4.39 Å². The third-order valence-corrected chi connectivity index (χ3v) is 3.21. The molecule has 0 aliphatic carbocycles. The second-order valence-corrected chi connectivity index (χ2v) is 4.16. The summed E-state index contributed by atoms with van der Waals surface area (Å²) in [4.78, 5) is 13.3. The summed E-state index contributed by atoms with van der Waals surface area (Å²) in [5.41, 5.74) is 5.95. The highest BCUT2D eigenvalue weighted by Crippen LogP contribution is 2.31. The van der Waals surface area contributed by atoms with Gasteiger partial charge < -0.3 is 10.6 Å². The summed E-state index contributed by atoms with van der Waals surface area (Å²) in [6.45, 7) is 2.37. The molecule has 0 aromatic heterocycles. The molecule has 2 N–H and O–H groups in total. The summed E-state index contributed by atoms with van der Waals surface area (Å²) in [7, 11) is 0. The van der Waals surface area contributed by atoms with Gasteiger partial charge in [0.05, 0.1) is 5.69 Å². The molecule has 1 aliphatic heterocycles. The lowest BCUT2D eigenvalue weighted by molar-refractivity contribution is -0.117. The SMILES string of the molecule is CC1C(CN)CC(=O)N1c1ccccc1F. The Balaban J connectivity index is 2.35. The van der Waals surface area contributed by atoms with E-state index in [-0.39, 0.29) is 23.7 Å². The van der Waals surface area contributed by atoms with Crippen LogP contribution in [0.15, 0.2) is 24.3 Å². The zero-order valence-electron chi connectivity index (χ0n) is 9.19. The third-order valence-electron chi connectivity index (χ3n) is 3.21. The first-order chi connectivity index (χ1) is 7.65. The zero-order valence-corrected chi connectivity index (χ0v) is 9.19. The van der Waals surface area contributed by atoms with Crippen molar-refractivity contribution in [3.8, 4) is 0 Å². The standard InChI is InChI=1S/C12H15FN2O/c1-8-9(7-14)6-12(16)15(8)11-5-3-2-4-10(11)13/h2-5,8-9H,6-7,14H2,1H3. The van der Waals surface area contributed by atoms with Crippen molar-refractivity contribution in [1.82, 2.24) is 0 Å². The number of hydrogen-bond acceptors (Lipinski definition) is 2. The molecule has 1 fully saturated rings. The number of para-hydroxylation sites is 1. The number of rotatable bonds is 2. The van der Waals surface area contributed by atoms with E-state index in [0.717, 1.165) is 0 Å². The fourth-order valence-electron chi connectivity index (χ4n) is 2.21. The highest BCUT2D eigenvalue weighted by Gasteiger charge is 2.37. The minimum atomic E-state index is -0.361.